The fourth-order valence-electron chi connectivity index (χ4n) is 3.37. The molecule has 12 heteroatoms. The third-order valence-corrected chi connectivity index (χ3v) is 5.47. The van der Waals surface area contributed by atoms with Gasteiger partial charge in [0, 0.05) is 50.9 Å². The van der Waals surface area contributed by atoms with Crippen molar-refractivity contribution in [3.05, 3.63) is 12.2 Å². The molecule has 0 aromatic rings. The molecule has 1 N–H and O–H groups in total. The topological polar surface area (TPSA) is 149 Å². The molecule has 0 aromatic carbocycles. The van der Waals surface area contributed by atoms with Gasteiger partial charge in [0.1, 0.15) is 5.60 Å². The van der Waals surface area contributed by atoms with Crippen LogP contribution in [-0.4, -0.2) is 76.6 Å². The number of rotatable bonds is 13. The van der Waals surface area contributed by atoms with E-state index in [1.165, 1.54) is 12.2 Å². The Morgan fingerprint density at radius 1 is 0.943 bits per heavy atom. The van der Waals surface area contributed by atoms with E-state index in [0.717, 1.165) is 4.90 Å². The molecule has 0 radical (unpaired) electrons. The zero-order chi connectivity index (χ0) is 26.2. The van der Waals surface area contributed by atoms with Crippen LogP contribution in [0.3, 0.4) is 0 Å². The number of hydrogen-bond donors (Lipinski definition) is 1. The molecule has 0 aliphatic carbocycles. The fourth-order valence-corrected chi connectivity index (χ4v) is 3.37. The molecule has 0 atom stereocenters. The third kappa shape index (κ3) is 9.12. The van der Waals surface area contributed by atoms with Gasteiger partial charge in [0.05, 0.1) is 12.2 Å². The summed E-state index contributed by atoms with van der Waals surface area (Å²) in [6.07, 6.45) is 2.89. The smallest absolute Gasteiger partial charge is 0.427 e. The summed E-state index contributed by atoms with van der Waals surface area (Å²) in [6.45, 7) is 7.85. The van der Waals surface area contributed by atoms with Crippen LogP contribution in [0.5, 0.6) is 0 Å². The molecule has 2 heterocycles. The molecule has 12 nitrogen and oxygen atoms in total. The lowest BCUT2D eigenvalue weighted by Crippen LogP contribution is -2.37. The van der Waals surface area contributed by atoms with Crippen LogP contribution in [0.1, 0.15) is 66.2 Å². The van der Waals surface area contributed by atoms with Crippen molar-refractivity contribution in [3.8, 4) is 0 Å². The van der Waals surface area contributed by atoms with Crippen molar-refractivity contribution in [1.29, 1.82) is 0 Å². The maximum Gasteiger partial charge on any atom is 0.534 e. The average molecular weight is 496 g/mol. The van der Waals surface area contributed by atoms with E-state index in [4.69, 9.17) is 14.3 Å². The number of carbonyl (C=O) groups excluding carboxylic acids is 6. The first kappa shape index (κ1) is 28.0. The Morgan fingerprint density at radius 3 is 2.14 bits per heavy atom. The minimum Gasteiger partial charge on any atom is -0.427 e. The molecule has 0 unspecified atom stereocenters. The first-order valence-corrected chi connectivity index (χ1v) is 11.5. The lowest BCUT2D eigenvalue weighted by molar-refractivity contribution is -0.181. The number of ether oxygens (including phenoxy) is 2. The largest absolute Gasteiger partial charge is 0.534 e. The molecule has 2 aliphatic heterocycles. The molecule has 1 fully saturated rings. The number of imide groups is 2. The summed E-state index contributed by atoms with van der Waals surface area (Å²) in [4.78, 5) is 75.6. The summed E-state index contributed by atoms with van der Waals surface area (Å²) in [5.41, 5.74) is -1.46. The van der Waals surface area contributed by atoms with Gasteiger partial charge < -0.3 is 14.8 Å². The quantitative estimate of drug-likeness (QED) is 0.227. The lowest BCUT2D eigenvalue weighted by Gasteiger charge is -2.29. The molecule has 1 saturated heterocycles. The van der Waals surface area contributed by atoms with Gasteiger partial charge >= 0.3 is 6.16 Å². The summed E-state index contributed by atoms with van der Waals surface area (Å²) in [6, 6.07) is 0. The summed E-state index contributed by atoms with van der Waals surface area (Å²) in [5, 5.41) is 3.19. The van der Waals surface area contributed by atoms with Crippen molar-refractivity contribution in [3.63, 3.8) is 0 Å². The van der Waals surface area contributed by atoms with E-state index in [1.807, 2.05) is 13.8 Å². The number of nitrogens with one attached hydrogen (secondary N) is 1. The summed E-state index contributed by atoms with van der Waals surface area (Å²) in [7, 11) is 0. The molecule has 0 bridgehead atoms. The second-order valence-corrected chi connectivity index (χ2v) is 9.51. The molecule has 35 heavy (non-hydrogen) atoms. The molecule has 2 aliphatic rings. The van der Waals surface area contributed by atoms with Gasteiger partial charge in [-0.05, 0) is 40.5 Å². The Morgan fingerprint density at radius 2 is 1.54 bits per heavy atom. The van der Waals surface area contributed by atoms with Crippen molar-refractivity contribution in [2.75, 3.05) is 19.7 Å². The first-order valence-electron chi connectivity index (χ1n) is 11.5. The van der Waals surface area contributed by atoms with Crippen LogP contribution in [-0.2, 0) is 38.3 Å². The highest BCUT2D eigenvalue weighted by atomic mass is 16.8. The van der Waals surface area contributed by atoms with Crippen LogP contribution in [0.15, 0.2) is 12.2 Å². The van der Waals surface area contributed by atoms with E-state index in [2.05, 4.69) is 5.32 Å². The minimum absolute atomic E-state index is 0.000441. The van der Waals surface area contributed by atoms with Gasteiger partial charge in [-0.3, -0.25) is 33.7 Å². The minimum atomic E-state index is -1.14. The normalized spacial score (nSPS) is 16.3. The zero-order valence-electron chi connectivity index (χ0n) is 20.6. The predicted octanol–water partition coefficient (Wildman–Crippen LogP) is 1.38. The van der Waals surface area contributed by atoms with E-state index >= 15 is 0 Å². The molecule has 0 spiro atoms. The van der Waals surface area contributed by atoms with E-state index < -0.39 is 41.0 Å². The number of carbonyl (C=O) groups is 6. The fraction of sp³-hybridized carbons (Fsp3) is 0.652. The second kappa shape index (κ2) is 11.9. The molecular formula is C23H33N3O9. The Balaban J connectivity index is 1.60. The van der Waals surface area contributed by atoms with Gasteiger partial charge in [-0.25, -0.2) is 4.79 Å². The summed E-state index contributed by atoms with van der Waals surface area (Å²) < 4.78 is 11.1. The van der Waals surface area contributed by atoms with Gasteiger partial charge in [-0.1, -0.05) is 5.06 Å². The third-order valence-electron chi connectivity index (χ3n) is 5.47. The maximum atomic E-state index is 11.9. The number of amides is 5. The Kier molecular flexibility index (Phi) is 9.52. The standard InChI is InChI=1S/C23H33N3O9/c1-22(2,11-5-13-24-16(27)10-14-25-17(28)6-7-18(25)29)33-15-12-23(3,4)34-21(32)35-26-19(30)8-9-20(26)31/h6-7H,5,8-15H2,1-4H3,(H,24,27). The Bertz CT molecular complexity index is 861. The molecule has 5 amide bonds. The van der Waals surface area contributed by atoms with Gasteiger partial charge in [0.2, 0.25) is 5.91 Å². The van der Waals surface area contributed by atoms with Crippen LogP contribution in [0.4, 0.5) is 4.79 Å². The van der Waals surface area contributed by atoms with Gasteiger partial charge in [0.25, 0.3) is 23.6 Å². The molecule has 0 aromatic heterocycles. The highest BCUT2D eigenvalue weighted by Crippen LogP contribution is 2.22. The van der Waals surface area contributed by atoms with Crippen molar-refractivity contribution in [1.82, 2.24) is 15.3 Å². The first-order chi connectivity index (χ1) is 16.3. The van der Waals surface area contributed by atoms with Gasteiger partial charge in [-0.15, -0.1) is 0 Å². The van der Waals surface area contributed by atoms with E-state index in [0.29, 0.717) is 30.9 Å². The SMILES string of the molecule is CC(C)(CCCNC(=O)CCN1C(=O)C=CC1=O)OCCC(C)(C)OC(=O)ON1C(=O)CCC1=O. The molecule has 2 rings (SSSR count). The van der Waals surface area contributed by atoms with Crippen LogP contribution in [0.2, 0.25) is 0 Å². The number of hydrogen-bond acceptors (Lipinski definition) is 9. The van der Waals surface area contributed by atoms with Crippen LogP contribution >= 0.6 is 0 Å². The van der Waals surface area contributed by atoms with Crippen molar-refractivity contribution >= 4 is 35.7 Å². The molecule has 194 valence electrons. The van der Waals surface area contributed by atoms with Crippen LogP contribution in [0, 0.1) is 0 Å². The molecule has 0 saturated carbocycles. The van der Waals surface area contributed by atoms with Gasteiger partial charge in [-0.2, -0.15) is 0 Å². The molecular weight excluding hydrogens is 462 g/mol. The number of hydroxylamine groups is 2. The number of nitrogens with zero attached hydrogens (tertiary/aromatic N) is 2. The second-order valence-electron chi connectivity index (χ2n) is 9.51. The summed E-state index contributed by atoms with van der Waals surface area (Å²) in [5.74, 6) is -2.24. The van der Waals surface area contributed by atoms with Crippen molar-refractivity contribution in [2.24, 2.45) is 0 Å². The van der Waals surface area contributed by atoms with Crippen molar-refractivity contribution in [2.45, 2.75) is 77.4 Å². The zero-order valence-corrected chi connectivity index (χ0v) is 20.6. The lowest BCUT2D eigenvalue weighted by atomic mass is 10.0. The maximum absolute atomic E-state index is 11.9. The van der Waals surface area contributed by atoms with E-state index in [9.17, 15) is 28.8 Å². The van der Waals surface area contributed by atoms with E-state index in [-0.39, 0.29) is 38.3 Å². The Hall–Kier alpha value is -3.28. The highest BCUT2D eigenvalue weighted by Gasteiger charge is 2.35. The van der Waals surface area contributed by atoms with E-state index in [1.54, 1.807) is 13.8 Å². The van der Waals surface area contributed by atoms with Crippen LogP contribution < -0.4 is 5.32 Å². The van der Waals surface area contributed by atoms with Crippen molar-refractivity contribution < 1.29 is 43.1 Å². The highest BCUT2D eigenvalue weighted by molar-refractivity contribution is 6.13. The van der Waals surface area contributed by atoms with Crippen LogP contribution in [0.25, 0.3) is 0 Å². The summed E-state index contributed by atoms with van der Waals surface area (Å²) >= 11 is 0. The monoisotopic (exact) mass is 495 g/mol. The Labute approximate surface area is 203 Å². The predicted molar refractivity (Wildman–Crippen MR) is 120 cm³/mol. The van der Waals surface area contributed by atoms with Gasteiger partial charge in [0.15, 0.2) is 0 Å². The average Bonchev–Trinajstić information content (AvgIpc) is 3.24.